The standard InChI is InChI=1S/C42H73N7O18/c1-26(56)28(20-50)45-38(62)30(22-52)47-40(64)32(24-54)49-41(65)33(25-55)48-39(63)31(23-53)46-37(61)29(21-51)44-35(58)19-18-27(42(66)67)43-34(57)16-14-12-10-8-6-4-2-3-5-7-9-11-13-15-17-36(59)60/h27-33,50-55H,2-25H2,1H3,(H,43,57)(H,44,58)(H,45,62)(H,46,61)(H,47,64)(H,48,63)(H,49,65)(H,59,60)(H,66,67)/t27-,28-,29-,30-,31-,32-,33-/m0/s1. The van der Waals surface area contributed by atoms with Crippen LogP contribution in [0.2, 0.25) is 0 Å². The number of ketones is 1. The van der Waals surface area contributed by atoms with E-state index in [0.717, 1.165) is 90.4 Å². The molecule has 0 spiro atoms. The molecule has 0 saturated carbocycles. The van der Waals surface area contributed by atoms with Crippen LogP contribution in [0.25, 0.3) is 0 Å². The fourth-order valence-electron chi connectivity index (χ4n) is 6.36. The highest BCUT2D eigenvalue weighted by molar-refractivity contribution is 5.97. The molecule has 25 heteroatoms. The van der Waals surface area contributed by atoms with Crippen LogP contribution in [0.15, 0.2) is 0 Å². The molecule has 7 amide bonds. The zero-order valence-electron chi connectivity index (χ0n) is 38.2. The molecule has 15 N–H and O–H groups in total. The smallest absolute Gasteiger partial charge is 0.326 e. The van der Waals surface area contributed by atoms with Gasteiger partial charge in [0.1, 0.15) is 42.3 Å². The maximum absolute atomic E-state index is 12.9. The maximum Gasteiger partial charge on any atom is 0.326 e. The van der Waals surface area contributed by atoms with Crippen molar-refractivity contribution >= 4 is 59.1 Å². The molecule has 0 unspecified atom stereocenters. The number of rotatable bonds is 40. The second-order valence-electron chi connectivity index (χ2n) is 16.0. The van der Waals surface area contributed by atoms with Crippen LogP contribution < -0.4 is 37.2 Å². The Morgan fingerprint density at radius 1 is 0.328 bits per heavy atom. The van der Waals surface area contributed by atoms with Gasteiger partial charge in [0.25, 0.3) is 0 Å². The van der Waals surface area contributed by atoms with E-state index in [0.29, 0.717) is 6.42 Å². The SMILES string of the molecule is CC(=O)[C@H](CO)NC(=O)[C@H](CO)NC(=O)[C@H](CO)NC(=O)[C@H](CO)NC(=O)[C@H](CO)NC(=O)[C@H](CO)NC(=O)CC[C@H](NC(=O)CCCCCCCCCCCCCCCCC(=O)O)C(=O)O. The van der Waals surface area contributed by atoms with E-state index in [1.165, 1.54) is 0 Å². The van der Waals surface area contributed by atoms with Crippen LogP contribution in [0, 0.1) is 0 Å². The van der Waals surface area contributed by atoms with Gasteiger partial charge >= 0.3 is 11.9 Å². The predicted molar refractivity (Wildman–Crippen MR) is 235 cm³/mol. The fourth-order valence-corrected chi connectivity index (χ4v) is 6.36. The Labute approximate surface area is 389 Å². The summed E-state index contributed by atoms with van der Waals surface area (Å²) in [6.07, 6.45) is 13.3. The molecular weight excluding hydrogens is 890 g/mol. The van der Waals surface area contributed by atoms with Crippen molar-refractivity contribution in [2.24, 2.45) is 0 Å². The predicted octanol–water partition coefficient (Wildman–Crippen LogP) is -3.89. The van der Waals surface area contributed by atoms with Gasteiger partial charge in [-0.2, -0.15) is 0 Å². The number of carbonyl (C=O) groups is 10. The Bertz CT molecular complexity index is 1570. The van der Waals surface area contributed by atoms with Gasteiger partial charge in [-0.05, 0) is 26.2 Å². The first kappa shape index (κ1) is 61.7. The molecule has 0 aliphatic carbocycles. The van der Waals surface area contributed by atoms with Crippen LogP contribution in [-0.2, 0) is 47.9 Å². The number of amides is 7. The lowest BCUT2D eigenvalue weighted by molar-refractivity contribution is -0.142. The van der Waals surface area contributed by atoms with Crippen molar-refractivity contribution in [3.63, 3.8) is 0 Å². The number of aliphatic carboxylic acids is 2. The third kappa shape index (κ3) is 27.8. The molecule has 0 aromatic carbocycles. The number of nitrogens with one attached hydrogen (secondary N) is 7. The van der Waals surface area contributed by atoms with Gasteiger partial charge in [-0.3, -0.25) is 43.2 Å². The average Bonchev–Trinajstić information content (AvgIpc) is 3.29. The van der Waals surface area contributed by atoms with Gasteiger partial charge in [0, 0.05) is 19.3 Å². The molecule has 0 rings (SSSR count). The normalized spacial score (nSPS) is 14.1. The summed E-state index contributed by atoms with van der Waals surface area (Å²) >= 11 is 0. The quantitative estimate of drug-likeness (QED) is 0.0261. The number of Topliss-reactive ketones (excluding diaryl/α,β-unsaturated/α-hetero) is 1. The lowest BCUT2D eigenvalue weighted by atomic mass is 10.0. The van der Waals surface area contributed by atoms with Gasteiger partial charge in [-0.15, -0.1) is 0 Å². The van der Waals surface area contributed by atoms with Crippen LogP contribution in [0.1, 0.15) is 122 Å². The van der Waals surface area contributed by atoms with Gasteiger partial charge in [0.15, 0.2) is 5.78 Å². The number of carbonyl (C=O) groups excluding carboxylic acids is 8. The van der Waals surface area contributed by atoms with E-state index in [4.69, 9.17) is 5.11 Å². The zero-order valence-corrected chi connectivity index (χ0v) is 38.2. The minimum atomic E-state index is -1.88. The molecule has 25 nitrogen and oxygen atoms in total. The summed E-state index contributed by atoms with van der Waals surface area (Å²) < 4.78 is 0. The van der Waals surface area contributed by atoms with Crippen LogP contribution >= 0.6 is 0 Å². The molecule has 0 bridgehead atoms. The topological polar surface area (TPSA) is 417 Å². The van der Waals surface area contributed by atoms with Gasteiger partial charge in [0.05, 0.1) is 39.6 Å². The molecule has 0 aromatic heterocycles. The lowest BCUT2D eigenvalue weighted by Gasteiger charge is -2.25. The molecular formula is C42H73N7O18. The number of carboxylic acids is 2. The number of aliphatic hydroxyl groups excluding tert-OH is 6. The second kappa shape index (κ2) is 36.7. The second-order valence-corrected chi connectivity index (χ2v) is 16.0. The lowest BCUT2D eigenvalue weighted by Crippen LogP contribution is -2.61. The van der Waals surface area contributed by atoms with E-state index in [9.17, 15) is 83.7 Å². The number of carboxylic acid groups (broad SMARTS) is 2. The van der Waals surface area contributed by atoms with Gasteiger partial charge in [0.2, 0.25) is 41.4 Å². The zero-order chi connectivity index (χ0) is 50.7. The number of hydrogen-bond acceptors (Lipinski definition) is 16. The van der Waals surface area contributed by atoms with Crippen molar-refractivity contribution in [2.75, 3.05) is 39.6 Å². The molecule has 0 fully saturated rings. The summed E-state index contributed by atoms with van der Waals surface area (Å²) in [5.41, 5.74) is 0. The minimum Gasteiger partial charge on any atom is -0.481 e. The largest absolute Gasteiger partial charge is 0.481 e. The first-order chi connectivity index (χ1) is 31.9. The Balaban J connectivity index is 4.85. The molecule has 0 aliphatic rings. The Hall–Kier alpha value is -5.34. The van der Waals surface area contributed by atoms with Gasteiger partial charge in [-0.1, -0.05) is 77.0 Å². The molecule has 384 valence electrons. The first-order valence-corrected chi connectivity index (χ1v) is 22.6. The highest BCUT2D eigenvalue weighted by Crippen LogP contribution is 2.14. The van der Waals surface area contributed by atoms with E-state index in [1.807, 2.05) is 21.3 Å². The molecule has 0 radical (unpaired) electrons. The fraction of sp³-hybridized carbons (Fsp3) is 0.762. The summed E-state index contributed by atoms with van der Waals surface area (Å²) in [5, 5.41) is 90.8. The van der Waals surface area contributed by atoms with Crippen LogP contribution in [0.3, 0.4) is 0 Å². The van der Waals surface area contributed by atoms with Crippen LogP contribution in [0.4, 0.5) is 0 Å². The van der Waals surface area contributed by atoms with Crippen LogP contribution in [-0.4, -0.2) is 182 Å². The summed E-state index contributed by atoms with van der Waals surface area (Å²) in [6, 6.07) is -11.8. The van der Waals surface area contributed by atoms with Crippen LogP contribution in [0.5, 0.6) is 0 Å². The van der Waals surface area contributed by atoms with Crippen molar-refractivity contribution in [1.29, 1.82) is 0 Å². The molecule has 0 aromatic rings. The summed E-state index contributed by atoms with van der Waals surface area (Å²) in [6.45, 7) is -5.10. The van der Waals surface area contributed by atoms with Crippen molar-refractivity contribution in [2.45, 2.75) is 165 Å². The number of unbranched alkanes of at least 4 members (excludes halogenated alkanes) is 13. The number of aliphatic hydroxyl groups is 6. The summed E-state index contributed by atoms with van der Waals surface area (Å²) in [7, 11) is 0. The first-order valence-electron chi connectivity index (χ1n) is 22.6. The van der Waals surface area contributed by atoms with E-state index < -0.39 is 147 Å². The van der Waals surface area contributed by atoms with Crippen molar-refractivity contribution in [3.05, 3.63) is 0 Å². The van der Waals surface area contributed by atoms with Gasteiger partial charge in [-0.25, -0.2) is 4.79 Å². The van der Waals surface area contributed by atoms with Crippen molar-refractivity contribution in [1.82, 2.24) is 37.2 Å². The molecule has 7 atom stereocenters. The van der Waals surface area contributed by atoms with E-state index in [-0.39, 0.29) is 19.3 Å². The van der Waals surface area contributed by atoms with Gasteiger partial charge < -0.3 is 78.1 Å². The summed E-state index contributed by atoms with van der Waals surface area (Å²) in [5.74, 6) is -10.3. The van der Waals surface area contributed by atoms with E-state index in [1.54, 1.807) is 0 Å². The highest BCUT2D eigenvalue weighted by atomic mass is 16.4. The Kier molecular flexibility index (Phi) is 33.8. The van der Waals surface area contributed by atoms with E-state index >= 15 is 0 Å². The molecule has 0 aliphatic heterocycles. The third-order valence-electron chi connectivity index (χ3n) is 10.4. The maximum atomic E-state index is 12.9. The molecule has 0 saturated heterocycles. The average molecular weight is 964 g/mol. The van der Waals surface area contributed by atoms with Crippen molar-refractivity contribution in [3.8, 4) is 0 Å². The Morgan fingerprint density at radius 2 is 0.582 bits per heavy atom. The summed E-state index contributed by atoms with van der Waals surface area (Å²) in [4.78, 5) is 123. The van der Waals surface area contributed by atoms with Crippen molar-refractivity contribution < 1.29 is 88.8 Å². The highest BCUT2D eigenvalue weighted by Gasteiger charge is 2.33. The minimum absolute atomic E-state index is 0.0775. The Morgan fingerprint density at radius 3 is 0.866 bits per heavy atom. The number of hydrogen-bond donors (Lipinski definition) is 15. The third-order valence-corrected chi connectivity index (χ3v) is 10.4. The van der Waals surface area contributed by atoms with E-state index in [2.05, 4.69) is 16.0 Å². The molecule has 67 heavy (non-hydrogen) atoms. The molecule has 0 heterocycles. The monoisotopic (exact) mass is 964 g/mol.